The Morgan fingerprint density at radius 3 is 2.42 bits per heavy atom. The first-order valence-electron chi connectivity index (χ1n) is 5.87. The van der Waals surface area contributed by atoms with Crippen molar-refractivity contribution in [3.8, 4) is 0 Å². The maximum atomic E-state index is 4.71. The van der Waals surface area contributed by atoms with Gasteiger partial charge >= 0.3 is 0 Å². The van der Waals surface area contributed by atoms with Crippen LogP contribution in [-0.2, 0) is 0 Å². The number of nitrogens with zero attached hydrogens (tertiary/aromatic N) is 2. The van der Waals surface area contributed by atoms with Gasteiger partial charge in [0.15, 0.2) is 0 Å². The average molecular weight is 376 g/mol. The highest BCUT2D eigenvalue weighted by atomic mass is 79.9. The molecule has 0 fully saturated rings. The van der Waals surface area contributed by atoms with Crippen molar-refractivity contribution in [2.45, 2.75) is 0 Å². The fourth-order valence-electron chi connectivity index (χ4n) is 2.41. The molecular formula is C15H8Br2N2. The van der Waals surface area contributed by atoms with Crippen LogP contribution < -0.4 is 0 Å². The molecule has 0 atom stereocenters. The van der Waals surface area contributed by atoms with Crippen LogP contribution >= 0.6 is 31.9 Å². The number of fused-ring (bicyclic) bond motifs is 4. The molecule has 2 heterocycles. The Morgan fingerprint density at radius 1 is 0.842 bits per heavy atom. The molecule has 2 aromatic carbocycles. The topological polar surface area (TPSA) is 17.3 Å². The molecule has 0 N–H and O–H groups in total. The van der Waals surface area contributed by atoms with Gasteiger partial charge in [0.05, 0.1) is 11.0 Å². The van der Waals surface area contributed by atoms with Crippen LogP contribution in [0, 0.1) is 0 Å². The Labute approximate surface area is 126 Å². The summed E-state index contributed by atoms with van der Waals surface area (Å²) in [6, 6.07) is 14.5. The third-order valence-corrected chi connectivity index (χ3v) is 4.26. The standard InChI is InChI=1S/C15H8Br2N2/c16-11-1-3-13-10(6-11)8-19-14-4-2-12(17)5-9(14)7-15(19)18-13/h1-8H. The highest BCUT2D eigenvalue weighted by Gasteiger charge is 2.06. The first-order valence-corrected chi connectivity index (χ1v) is 7.46. The largest absolute Gasteiger partial charge is 0.301 e. The van der Waals surface area contributed by atoms with E-state index < -0.39 is 0 Å². The fraction of sp³-hybridized carbons (Fsp3) is 0. The molecule has 0 aliphatic rings. The molecule has 0 aliphatic heterocycles. The Balaban J connectivity index is 2.20. The maximum absolute atomic E-state index is 4.71. The van der Waals surface area contributed by atoms with E-state index in [2.05, 4.69) is 72.8 Å². The monoisotopic (exact) mass is 374 g/mol. The van der Waals surface area contributed by atoms with E-state index in [1.807, 2.05) is 12.1 Å². The zero-order chi connectivity index (χ0) is 13.0. The minimum atomic E-state index is 0.975. The van der Waals surface area contributed by atoms with Crippen LogP contribution in [-0.4, -0.2) is 9.38 Å². The summed E-state index contributed by atoms with van der Waals surface area (Å²) in [7, 11) is 0. The molecule has 0 aliphatic carbocycles. The zero-order valence-corrected chi connectivity index (χ0v) is 12.9. The minimum Gasteiger partial charge on any atom is -0.301 e. The molecule has 0 saturated carbocycles. The van der Waals surface area contributed by atoms with Crippen LogP contribution in [0.3, 0.4) is 0 Å². The molecule has 0 saturated heterocycles. The first kappa shape index (κ1) is 11.4. The van der Waals surface area contributed by atoms with Gasteiger partial charge in [-0.1, -0.05) is 31.9 Å². The van der Waals surface area contributed by atoms with E-state index in [0.717, 1.165) is 25.5 Å². The van der Waals surface area contributed by atoms with Gasteiger partial charge in [0.2, 0.25) is 0 Å². The Kier molecular flexibility index (Phi) is 2.44. The van der Waals surface area contributed by atoms with Crippen LogP contribution in [0.5, 0.6) is 0 Å². The molecule has 19 heavy (non-hydrogen) atoms. The van der Waals surface area contributed by atoms with Crippen LogP contribution in [0.25, 0.3) is 27.5 Å². The van der Waals surface area contributed by atoms with Gasteiger partial charge in [-0.25, -0.2) is 4.98 Å². The Bertz CT molecular complexity index is 941. The Morgan fingerprint density at radius 2 is 1.58 bits per heavy atom. The average Bonchev–Trinajstić information content (AvgIpc) is 2.72. The molecule has 0 amide bonds. The number of hydrogen-bond donors (Lipinski definition) is 0. The number of hydrogen-bond acceptors (Lipinski definition) is 1. The summed E-state index contributed by atoms with van der Waals surface area (Å²) >= 11 is 7.01. The first-order chi connectivity index (χ1) is 9.20. The summed E-state index contributed by atoms with van der Waals surface area (Å²) in [5.41, 5.74) is 3.16. The second kappa shape index (κ2) is 4.05. The van der Waals surface area contributed by atoms with Crippen molar-refractivity contribution >= 4 is 59.3 Å². The molecule has 4 aromatic rings. The molecule has 2 aromatic heterocycles. The van der Waals surface area contributed by atoms with Crippen LogP contribution in [0.15, 0.2) is 57.6 Å². The lowest BCUT2D eigenvalue weighted by Crippen LogP contribution is -1.88. The summed E-state index contributed by atoms with van der Waals surface area (Å²) in [4.78, 5) is 4.71. The molecule has 92 valence electrons. The van der Waals surface area contributed by atoms with E-state index in [0.29, 0.717) is 0 Å². The van der Waals surface area contributed by atoms with Crippen molar-refractivity contribution < 1.29 is 0 Å². The predicted molar refractivity (Wildman–Crippen MR) is 85.6 cm³/mol. The van der Waals surface area contributed by atoms with E-state index >= 15 is 0 Å². The van der Waals surface area contributed by atoms with Crippen molar-refractivity contribution in [2.75, 3.05) is 0 Å². The van der Waals surface area contributed by atoms with Crippen molar-refractivity contribution in [2.24, 2.45) is 0 Å². The SMILES string of the molecule is Brc1ccc2nc3cc4cc(Br)ccc4n3cc2c1. The van der Waals surface area contributed by atoms with Crippen molar-refractivity contribution in [1.82, 2.24) is 9.38 Å². The third kappa shape index (κ3) is 1.78. The van der Waals surface area contributed by atoms with Crippen molar-refractivity contribution in [3.05, 3.63) is 57.6 Å². The number of halogens is 2. The summed E-state index contributed by atoms with van der Waals surface area (Å²) in [6.45, 7) is 0. The van der Waals surface area contributed by atoms with Gasteiger partial charge in [-0.2, -0.15) is 0 Å². The Hall–Kier alpha value is -1.39. The summed E-state index contributed by atoms with van der Waals surface area (Å²) < 4.78 is 4.29. The zero-order valence-electron chi connectivity index (χ0n) is 9.77. The number of aromatic nitrogens is 2. The lowest BCUT2D eigenvalue weighted by Gasteiger charge is -2.01. The third-order valence-electron chi connectivity index (χ3n) is 3.27. The van der Waals surface area contributed by atoms with Crippen LogP contribution in [0.2, 0.25) is 0 Å². The van der Waals surface area contributed by atoms with E-state index in [4.69, 9.17) is 4.98 Å². The van der Waals surface area contributed by atoms with E-state index in [9.17, 15) is 0 Å². The minimum absolute atomic E-state index is 0.975. The lowest BCUT2D eigenvalue weighted by molar-refractivity contribution is 1.21. The highest BCUT2D eigenvalue weighted by Crippen LogP contribution is 2.26. The van der Waals surface area contributed by atoms with Gasteiger partial charge in [0, 0.05) is 25.9 Å². The highest BCUT2D eigenvalue weighted by molar-refractivity contribution is 9.10. The molecule has 0 radical (unpaired) electrons. The second-order valence-electron chi connectivity index (χ2n) is 4.52. The van der Waals surface area contributed by atoms with Gasteiger partial charge in [0.25, 0.3) is 0 Å². The van der Waals surface area contributed by atoms with E-state index in [1.165, 1.54) is 10.9 Å². The van der Waals surface area contributed by atoms with Gasteiger partial charge in [-0.05, 0) is 42.5 Å². The molecule has 2 nitrogen and oxygen atoms in total. The molecule has 4 rings (SSSR count). The lowest BCUT2D eigenvalue weighted by atomic mass is 10.2. The quantitative estimate of drug-likeness (QED) is 0.414. The van der Waals surface area contributed by atoms with Crippen LogP contribution in [0.4, 0.5) is 0 Å². The number of rotatable bonds is 0. The second-order valence-corrected chi connectivity index (χ2v) is 6.35. The molecular weight excluding hydrogens is 368 g/mol. The van der Waals surface area contributed by atoms with Gasteiger partial charge in [0.1, 0.15) is 5.65 Å². The number of benzene rings is 2. The summed E-state index contributed by atoms with van der Waals surface area (Å²) in [5, 5.41) is 2.32. The summed E-state index contributed by atoms with van der Waals surface area (Å²) in [5.74, 6) is 0. The summed E-state index contributed by atoms with van der Waals surface area (Å²) in [6.07, 6.45) is 2.14. The van der Waals surface area contributed by atoms with Gasteiger partial charge in [-0.3, -0.25) is 0 Å². The molecule has 4 heteroatoms. The van der Waals surface area contributed by atoms with Gasteiger partial charge in [-0.15, -0.1) is 0 Å². The van der Waals surface area contributed by atoms with Gasteiger partial charge < -0.3 is 4.40 Å². The molecule has 0 bridgehead atoms. The molecule has 0 spiro atoms. The van der Waals surface area contributed by atoms with Crippen LogP contribution in [0.1, 0.15) is 0 Å². The maximum Gasteiger partial charge on any atom is 0.138 e. The van der Waals surface area contributed by atoms with Crippen molar-refractivity contribution in [3.63, 3.8) is 0 Å². The van der Waals surface area contributed by atoms with E-state index in [-0.39, 0.29) is 0 Å². The predicted octanol–water partition coefficient (Wildman–Crippen LogP) is 5.17. The fourth-order valence-corrected chi connectivity index (χ4v) is 3.16. The molecule has 0 unspecified atom stereocenters. The van der Waals surface area contributed by atoms with Crippen molar-refractivity contribution in [1.29, 1.82) is 0 Å². The smallest absolute Gasteiger partial charge is 0.138 e. The normalized spacial score (nSPS) is 11.7. The van der Waals surface area contributed by atoms with E-state index in [1.54, 1.807) is 0 Å².